The smallest absolute Gasteiger partial charge is 0.319 e. The second kappa shape index (κ2) is 4.89. The average Bonchev–Trinajstić information content (AvgIpc) is 2.17. The molecule has 0 aliphatic heterocycles. The molecule has 3 N–H and O–H groups in total. The third-order valence-corrected chi connectivity index (χ3v) is 2.60. The highest BCUT2D eigenvalue weighted by Crippen LogP contribution is 2.29. The van der Waals surface area contributed by atoms with Gasteiger partial charge in [0.05, 0.1) is 11.5 Å². The molecule has 0 radical (unpaired) electrons. The number of aliphatic hydroxyl groups excluding tert-OH is 1. The van der Waals surface area contributed by atoms with Gasteiger partial charge in [-0.3, -0.25) is 10.1 Å². The summed E-state index contributed by atoms with van der Waals surface area (Å²) in [6.07, 6.45) is 1.06. The van der Waals surface area contributed by atoms with Crippen molar-refractivity contribution in [3.05, 3.63) is 16.3 Å². The number of nitrogen functional groups attached to an aromatic ring is 1. The Morgan fingerprint density at radius 1 is 1.80 bits per heavy atom. The van der Waals surface area contributed by atoms with Crippen molar-refractivity contribution in [3.8, 4) is 0 Å². The molecule has 0 spiro atoms. The Bertz CT molecular complexity index is 373. The lowest BCUT2D eigenvalue weighted by Gasteiger charge is -2.06. The number of thioether (sulfide) groups is 1. The molecule has 1 unspecified atom stereocenters. The van der Waals surface area contributed by atoms with Gasteiger partial charge < -0.3 is 10.8 Å². The Morgan fingerprint density at radius 2 is 2.47 bits per heavy atom. The molecule has 8 heteroatoms. The Balaban J connectivity index is 3.02. The van der Waals surface area contributed by atoms with Gasteiger partial charge in [0.1, 0.15) is 6.20 Å². The van der Waals surface area contributed by atoms with E-state index in [1.54, 1.807) is 6.92 Å². The molecule has 1 aromatic rings. The lowest BCUT2D eigenvalue weighted by atomic mass is 10.5. The van der Waals surface area contributed by atoms with Crippen LogP contribution in [0.25, 0.3) is 0 Å². The second-order valence-electron chi connectivity index (χ2n) is 2.79. The normalized spacial score (nSPS) is 12.4. The van der Waals surface area contributed by atoms with Crippen molar-refractivity contribution >= 4 is 23.4 Å². The number of aliphatic hydroxyl groups is 1. The molecule has 0 amide bonds. The predicted molar refractivity (Wildman–Crippen MR) is 55.5 cm³/mol. The first-order chi connectivity index (χ1) is 7.04. The largest absolute Gasteiger partial charge is 0.395 e. The summed E-state index contributed by atoms with van der Waals surface area (Å²) in [4.78, 5) is 17.3. The summed E-state index contributed by atoms with van der Waals surface area (Å²) >= 11 is 1.09. The van der Waals surface area contributed by atoms with Gasteiger partial charge in [0.25, 0.3) is 0 Å². The molecule has 15 heavy (non-hydrogen) atoms. The third-order valence-electron chi connectivity index (χ3n) is 1.52. The fourth-order valence-electron chi connectivity index (χ4n) is 0.812. The van der Waals surface area contributed by atoms with Crippen LogP contribution in [0.4, 0.5) is 11.6 Å². The SMILES string of the molecule is CC(CO)Sc1nc(N)ncc1[N+](=O)[O-]. The van der Waals surface area contributed by atoms with Gasteiger partial charge in [-0.2, -0.15) is 4.98 Å². The van der Waals surface area contributed by atoms with E-state index in [0.717, 1.165) is 18.0 Å². The molecule has 0 saturated heterocycles. The summed E-state index contributed by atoms with van der Waals surface area (Å²) in [5.41, 5.74) is 5.12. The van der Waals surface area contributed by atoms with Crippen LogP contribution < -0.4 is 5.73 Å². The highest BCUT2D eigenvalue weighted by atomic mass is 32.2. The van der Waals surface area contributed by atoms with E-state index in [1.807, 2.05) is 0 Å². The molecular weight excluding hydrogens is 220 g/mol. The van der Waals surface area contributed by atoms with Crippen LogP contribution in [0.15, 0.2) is 11.2 Å². The first-order valence-electron chi connectivity index (χ1n) is 4.09. The topological polar surface area (TPSA) is 115 Å². The van der Waals surface area contributed by atoms with Crippen molar-refractivity contribution in [1.82, 2.24) is 9.97 Å². The second-order valence-corrected chi connectivity index (χ2v) is 4.21. The summed E-state index contributed by atoms with van der Waals surface area (Å²) < 4.78 is 0. The fraction of sp³-hybridized carbons (Fsp3) is 0.429. The molecule has 7 nitrogen and oxygen atoms in total. The number of aromatic nitrogens is 2. The molecule has 0 aliphatic rings. The lowest BCUT2D eigenvalue weighted by Crippen LogP contribution is -2.06. The van der Waals surface area contributed by atoms with E-state index in [-0.39, 0.29) is 28.5 Å². The van der Waals surface area contributed by atoms with Crippen LogP contribution in [0.5, 0.6) is 0 Å². The van der Waals surface area contributed by atoms with E-state index >= 15 is 0 Å². The van der Waals surface area contributed by atoms with E-state index in [2.05, 4.69) is 9.97 Å². The number of anilines is 1. The zero-order valence-electron chi connectivity index (χ0n) is 7.95. The molecule has 0 saturated carbocycles. The first kappa shape index (κ1) is 11.7. The Morgan fingerprint density at radius 3 is 3.00 bits per heavy atom. The molecule has 0 aromatic carbocycles. The van der Waals surface area contributed by atoms with Crippen LogP contribution in [-0.4, -0.2) is 31.9 Å². The molecular formula is C7H10N4O3S. The van der Waals surface area contributed by atoms with Crippen molar-refractivity contribution in [2.45, 2.75) is 17.2 Å². The van der Waals surface area contributed by atoms with Gasteiger partial charge in [0.2, 0.25) is 5.95 Å². The average molecular weight is 230 g/mol. The van der Waals surface area contributed by atoms with Gasteiger partial charge in [-0.1, -0.05) is 18.7 Å². The maximum absolute atomic E-state index is 10.6. The summed E-state index contributed by atoms with van der Waals surface area (Å²) in [5, 5.41) is 19.4. The summed E-state index contributed by atoms with van der Waals surface area (Å²) in [6.45, 7) is 1.64. The van der Waals surface area contributed by atoms with Crippen molar-refractivity contribution in [3.63, 3.8) is 0 Å². The molecule has 1 atom stereocenters. The third kappa shape index (κ3) is 3.03. The molecule has 0 aliphatic carbocycles. The van der Waals surface area contributed by atoms with Crippen LogP contribution in [0.3, 0.4) is 0 Å². The number of nitrogens with zero attached hydrogens (tertiary/aromatic N) is 3. The quantitative estimate of drug-likeness (QED) is 0.333. The fourth-order valence-corrected chi connectivity index (χ4v) is 1.66. The molecule has 82 valence electrons. The number of nitro groups is 1. The van der Waals surface area contributed by atoms with Crippen LogP contribution >= 0.6 is 11.8 Å². The predicted octanol–water partition coefficient (Wildman–Crippen LogP) is 0.440. The van der Waals surface area contributed by atoms with Crippen LogP contribution in [0.2, 0.25) is 0 Å². The van der Waals surface area contributed by atoms with Crippen molar-refractivity contribution in [1.29, 1.82) is 0 Å². The van der Waals surface area contributed by atoms with E-state index in [1.165, 1.54) is 0 Å². The summed E-state index contributed by atoms with van der Waals surface area (Å²) in [6, 6.07) is 0. The Hall–Kier alpha value is -1.41. The molecule has 1 heterocycles. The van der Waals surface area contributed by atoms with Gasteiger partial charge >= 0.3 is 5.69 Å². The van der Waals surface area contributed by atoms with Crippen LogP contribution in [0.1, 0.15) is 6.92 Å². The van der Waals surface area contributed by atoms with Crippen molar-refractivity contribution in [2.75, 3.05) is 12.3 Å². The van der Waals surface area contributed by atoms with Gasteiger partial charge in [-0.05, 0) is 0 Å². The number of hydrogen-bond donors (Lipinski definition) is 2. The van der Waals surface area contributed by atoms with Crippen LogP contribution in [-0.2, 0) is 0 Å². The van der Waals surface area contributed by atoms with E-state index in [0.29, 0.717) is 0 Å². The highest BCUT2D eigenvalue weighted by molar-refractivity contribution is 8.00. The van der Waals surface area contributed by atoms with Crippen molar-refractivity contribution < 1.29 is 10.0 Å². The Kier molecular flexibility index (Phi) is 3.81. The molecule has 1 rings (SSSR count). The van der Waals surface area contributed by atoms with E-state index < -0.39 is 4.92 Å². The highest BCUT2D eigenvalue weighted by Gasteiger charge is 2.19. The van der Waals surface area contributed by atoms with E-state index in [4.69, 9.17) is 10.8 Å². The minimum absolute atomic E-state index is 0.0201. The van der Waals surface area contributed by atoms with Gasteiger partial charge in [-0.25, -0.2) is 4.98 Å². The standard InChI is InChI=1S/C7H10N4O3S/c1-4(3-12)15-6-5(11(13)14)2-9-7(8)10-6/h2,4,12H,3H2,1H3,(H2,8,9,10). The van der Waals surface area contributed by atoms with Crippen molar-refractivity contribution in [2.24, 2.45) is 0 Å². The monoisotopic (exact) mass is 230 g/mol. The van der Waals surface area contributed by atoms with Crippen LogP contribution in [0, 0.1) is 10.1 Å². The molecule has 0 bridgehead atoms. The number of hydrogen-bond acceptors (Lipinski definition) is 7. The van der Waals surface area contributed by atoms with Gasteiger partial charge in [0, 0.05) is 5.25 Å². The van der Waals surface area contributed by atoms with Gasteiger partial charge in [-0.15, -0.1) is 0 Å². The molecule has 1 aromatic heterocycles. The number of rotatable bonds is 4. The van der Waals surface area contributed by atoms with E-state index in [9.17, 15) is 10.1 Å². The lowest BCUT2D eigenvalue weighted by molar-refractivity contribution is -0.388. The number of nitrogens with two attached hydrogens (primary N) is 1. The minimum Gasteiger partial charge on any atom is -0.395 e. The van der Waals surface area contributed by atoms with Gasteiger partial charge in [0.15, 0.2) is 5.03 Å². The summed E-state index contributed by atoms with van der Waals surface area (Å²) in [7, 11) is 0. The Labute approximate surface area is 89.9 Å². The summed E-state index contributed by atoms with van der Waals surface area (Å²) in [5.74, 6) is -0.0201. The maximum Gasteiger partial charge on any atom is 0.319 e. The molecule has 0 fully saturated rings. The first-order valence-corrected chi connectivity index (χ1v) is 4.97. The zero-order chi connectivity index (χ0) is 11.4. The minimum atomic E-state index is -0.578. The zero-order valence-corrected chi connectivity index (χ0v) is 8.77. The maximum atomic E-state index is 10.6.